The van der Waals surface area contributed by atoms with E-state index in [1.807, 2.05) is 13.1 Å². The van der Waals surface area contributed by atoms with Gasteiger partial charge in [0.1, 0.15) is 0 Å². The van der Waals surface area contributed by atoms with Crippen LogP contribution in [0.1, 0.15) is 39.0 Å². The van der Waals surface area contributed by atoms with Crippen LogP contribution in [0, 0.1) is 6.92 Å². The molecule has 1 N–H and O–H groups in total. The van der Waals surface area contributed by atoms with Gasteiger partial charge >= 0.3 is 0 Å². The number of anilines is 1. The Hall–Kier alpha value is -1.35. The van der Waals surface area contributed by atoms with Gasteiger partial charge in [-0.3, -0.25) is 4.98 Å². The van der Waals surface area contributed by atoms with Crippen molar-refractivity contribution in [1.82, 2.24) is 10.3 Å². The molecule has 3 heteroatoms. The smallest absolute Gasteiger partial charge is 0.0445 e. The van der Waals surface area contributed by atoms with Gasteiger partial charge in [0.2, 0.25) is 0 Å². The summed E-state index contributed by atoms with van der Waals surface area (Å²) in [6, 6.07) is 2.14. The molecule has 1 rings (SSSR count). The molecule has 0 radical (unpaired) electrons. The van der Waals surface area contributed by atoms with Crippen LogP contribution in [0.3, 0.4) is 0 Å². The van der Waals surface area contributed by atoms with Crippen molar-refractivity contribution in [3.63, 3.8) is 0 Å². The van der Waals surface area contributed by atoms with Gasteiger partial charge in [0.05, 0.1) is 0 Å². The van der Waals surface area contributed by atoms with Gasteiger partial charge in [-0.2, -0.15) is 0 Å². The second-order valence-corrected chi connectivity index (χ2v) is 6.37. The minimum Gasteiger partial charge on any atom is -0.370 e. The quantitative estimate of drug-likeness (QED) is 0.824. The van der Waals surface area contributed by atoms with E-state index in [9.17, 15) is 0 Å². The van der Waals surface area contributed by atoms with Crippen molar-refractivity contribution in [1.29, 1.82) is 0 Å². The largest absolute Gasteiger partial charge is 0.370 e. The zero-order valence-corrected chi connectivity index (χ0v) is 13.2. The van der Waals surface area contributed by atoms with E-state index in [0.29, 0.717) is 0 Å². The molecule has 1 heterocycles. The van der Waals surface area contributed by atoms with E-state index in [1.165, 1.54) is 11.3 Å². The monoisotopic (exact) mass is 261 g/mol. The normalized spacial score (nSPS) is 11.5. The highest BCUT2D eigenvalue weighted by molar-refractivity contribution is 5.53. The number of pyridine rings is 1. The third-order valence-corrected chi connectivity index (χ3v) is 2.83. The first-order valence-corrected chi connectivity index (χ1v) is 6.75. The van der Waals surface area contributed by atoms with Crippen LogP contribution in [0.2, 0.25) is 0 Å². The first kappa shape index (κ1) is 15.7. The lowest BCUT2D eigenvalue weighted by molar-refractivity contribution is 0.424. The molecule has 0 bridgehead atoms. The molecule has 0 aromatic carbocycles. The fourth-order valence-corrected chi connectivity index (χ4v) is 1.92. The van der Waals surface area contributed by atoms with Crippen LogP contribution in [0.5, 0.6) is 0 Å². The Kier molecular flexibility index (Phi) is 5.12. The SMILES string of the molecule is C=C(C)CN(C)c1cc(C)ncc1CNC(C)(C)C. The molecule has 1 aromatic heterocycles. The summed E-state index contributed by atoms with van der Waals surface area (Å²) in [5.41, 5.74) is 4.76. The van der Waals surface area contributed by atoms with Gasteiger partial charge in [-0.15, -0.1) is 0 Å². The van der Waals surface area contributed by atoms with Gasteiger partial charge in [-0.25, -0.2) is 0 Å². The number of hydrogen-bond acceptors (Lipinski definition) is 3. The van der Waals surface area contributed by atoms with Gasteiger partial charge < -0.3 is 10.2 Å². The lowest BCUT2D eigenvalue weighted by Crippen LogP contribution is -2.35. The van der Waals surface area contributed by atoms with E-state index in [4.69, 9.17) is 0 Å². The maximum atomic E-state index is 4.41. The molecule has 3 nitrogen and oxygen atoms in total. The van der Waals surface area contributed by atoms with Crippen LogP contribution < -0.4 is 10.2 Å². The van der Waals surface area contributed by atoms with Crippen molar-refractivity contribution >= 4 is 5.69 Å². The standard InChI is InChI=1S/C16H27N3/c1-12(2)11-19(7)15-8-13(3)17-9-14(15)10-18-16(4,5)6/h8-9,18H,1,10-11H2,2-7H3. The topological polar surface area (TPSA) is 28.2 Å². The number of rotatable bonds is 5. The summed E-state index contributed by atoms with van der Waals surface area (Å²) in [6.45, 7) is 16.3. The Bertz CT molecular complexity index is 444. The Morgan fingerprint density at radius 1 is 1.42 bits per heavy atom. The molecule has 0 fully saturated rings. The number of aromatic nitrogens is 1. The van der Waals surface area contributed by atoms with E-state index in [0.717, 1.165) is 24.4 Å². The van der Waals surface area contributed by atoms with Crippen LogP contribution in [0.15, 0.2) is 24.4 Å². The second-order valence-electron chi connectivity index (χ2n) is 6.37. The molecule has 0 aliphatic rings. The van der Waals surface area contributed by atoms with Crippen molar-refractivity contribution in [3.05, 3.63) is 35.7 Å². The highest BCUT2D eigenvalue weighted by atomic mass is 15.1. The van der Waals surface area contributed by atoms with Crippen LogP contribution in [-0.2, 0) is 6.54 Å². The summed E-state index contributed by atoms with van der Waals surface area (Å²) in [7, 11) is 2.10. The van der Waals surface area contributed by atoms with Crippen LogP contribution in [0.25, 0.3) is 0 Å². The summed E-state index contributed by atoms with van der Waals surface area (Å²) in [4.78, 5) is 6.65. The molecule has 0 aliphatic heterocycles. The second kappa shape index (κ2) is 6.20. The first-order chi connectivity index (χ1) is 8.69. The predicted molar refractivity (Wildman–Crippen MR) is 83.7 cm³/mol. The molecule has 0 unspecified atom stereocenters. The van der Waals surface area contributed by atoms with Gasteiger partial charge in [-0.05, 0) is 40.7 Å². The minimum atomic E-state index is 0.106. The molecule has 0 atom stereocenters. The van der Waals surface area contributed by atoms with Crippen molar-refractivity contribution in [3.8, 4) is 0 Å². The molecule has 0 aliphatic carbocycles. The summed E-state index contributed by atoms with van der Waals surface area (Å²) < 4.78 is 0. The maximum absolute atomic E-state index is 4.41. The third-order valence-electron chi connectivity index (χ3n) is 2.83. The molecule has 106 valence electrons. The van der Waals surface area contributed by atoms with E-state index >= 15 is 0 Å². The molecular formula is C16H27N3. The van der Waals surface area contributed by atoms with Gasteiger partial charge in [0, 0.05) is 48.8 Å². The maximum Gasteiger partial charge on any atom is 0.0445 e. The van der Waals surface area contributed by atoms with Crippen molar-refractivity contribution in [2.24, 2.45) is 0 Å². The molecule has 0 spiro atoms. The minimum absolute atomic E-state index is 0.106. The van der Waals surface area contributed by atoms with Crippen molar-refractivity contribution in [2.75, 3.05) is 18.5 Å². The van der Waals surface area contributed by atoms with Crippen LogP contribution in [-0.4, -0.2) is 24.1 Å². The van der Waals surface area contributed by atoms with E-state index in [2.05, 4.69) is 62.6 Å². The van der Waals surface area contributed by atoms with Gasteiger partial charge in [0.25, 0.3) is 0 Å². The Morgan fingerprint density at radius 2 is 2.05 bits per heavy atom. The highest BCUT2D eigenvalue weighted by Crippen LogP contribution is 2.21. The summed E-state index contributed by atoms with van der Waals surface area (Å²) in [6.07, 6.45) is 1.97. The summed E-state index contributed by atoms with van der Waals surface area (Å²) in [5, 5.41) is 3.52. The Balaban J connectivity index is 2.94. The average Bonchev–Trinajstić information content (AvgIpc) is 2.25. The van der Waals surface area contributed by atoms with E-state index < -0.39 is 0 Å². The van der Waals surface area contributed by atoms with Crippen LogP contribution in [0.4, 0.5) is 5.69 Å². The predicted octanol–water partition coefficient (Wildman–Crippen LogP) is 3.29. The Morgan fingerprint density at radius 3 is 2.58 bits per heavy atom. The van der Waals surface area contributed by atoms with Gasteiger partial charge in [0.15, 0.2) is 0 Å². The molecular weight excluding hydrogens is 234 g/mol. The third kappa shape index (κ3) is 5.43. The number of nitrogens with zero attached hydrogens (tertiary/aromatic N) is 2. The molecule has 0 saturated heterocycles. The molecule has 0 saturated carbocycles. The Labute approximate surface area is 117 Å². The number of hydrogen-bond donors (Lipinski definition) is 1. The van der Waals surface area contributed by atoms with E-state index in [1.54, 1.807) is 0 Å². The lowest BCUT2D eigenvalue weighted by atomic mass is 10.1. The molecule has 1 aromatic rings. The number of aryl methyl sites for hydroxylation is 1. The zero-order valence-electron chi connectivity index (χ0n) is 13.2. The van der Waals surface area contributed by atoms with Gasteiger partial charge in [-0.1, -0.05) is 12.2 Å². The molecule has 0 amide bonds. The van der Waals surface area contributed by atoms with Crippen molar-refractivity contribution in [2.45, 2.75) is 46.7 Å². The van der Waals surface area contributed by atoms with Crippen LogP contribution >= 0.6 is 0 Å². The molecule has 19 heavy (non-hydrogen) atoms. The first-order valence-electron chi connectivity index (χ1n) is 6.75. The average molecular weight is 261 g/mol. The summed E-state index contributed by atoms with van der Waals surface area (Å²) in [5.74, 6) is 0. The zero-order chi connectivity index (χ0) is 14.6. The highest BCUT2D eigenvalue weighted by Gasteiger charge is 2.13. The van der Waals surface area contributed by atoms with Crippen molar-refractivity contribution < 1.29 is 0 Å². The fraction of sp³-hybridized carbons (Fsp3) is 0.562. The number of likely N-dealkylation sites (N-methyl/N-ethyl adjacent to an activating group) is 1. The number of nitrogens with one attached hydrogen (secondary N) is 1. The van der Waals surface area contributed by atoms with E-state index in [-0.39, 0.29) is 5.54 Å². The summed E-state index contributed by atoms with van der Waals surface area (Å²) >= 11 is 0. The fourth-order valence-electron chi connectivity index (χ4n) is 1.92. The lowest BCUT2D eigenvalue weighted by Gasteiger charge is -2.26.